The number of thioether (sulfide) groups is 1. The maximum Gasteiger partial charge on any atom is 0.417 e. The highest BCUT2D eigenvalue weighted by Crippen LogP contribution is 2.35. The number of piperazine rings is 1. The second-order valence-corrected chi connectivity index (χ2v) is 10.3. The van der Waals surface area contributed by atoms with Crippen LogP contribution in [-0.4, -0.2) is 77.1 Å². The minimum absolute atomic E-state index is 0.0313. The standard InChI is InChI=1S/C21H29ClF3N5OS/c22-17-11-15(21(23,24)25)12-27-19(17)29-7-5-28(6-8-29)16-3-1-14(2-4-16)18(26)20(31)30-9-10-32-13-30/h11-12,14,16,18H,1-10,13,26H2/t14-,16-,18-/m0/s1. The first-order chi connectivity index (χ1) is 15.2. The van der Waals surface area contributed by atoms with E-state index >= 15 is 0 Å². The Labute approximate surface area is 195 Å². The zero-order chi connectivity index (χ0) is 22.9. The van der Waals surface area contributed by atoms with Gasteiger partial charge in [-0.1, -0.05) is 11.6 Å². The molecule has 6 nitrogen and oxygen atoms in total. The molecule has 32 heavy (non-hydrogen) atoms. The van der Waals surface area contributed by atoms with Crippen LogP contribution in [0.5, 0.6) is 0 Å². The van der Waals surface area contributed by atoms with Crippen LogP contribution < -0.4 is 10.6 Å². The highest BCUT2D eigenvalue weighted by molar-refractivity contribution is 7.99. The number of pyridine rings is 1. The van der Waals surface area contributed by atoms with E-state index in [4.69, 9.17) is 17.3 Å². The summed E-state index contributed by atoms with van der Waals surface area (Å²) in [5.41, 5.74) is 5.49. The predicted octanol–water partition coefficient (Wildman–Crippen LogP) is 3.29. The van der Waals surface area contributed by atoms with Crippen molar-refractivity contribution in [1.82, 2.24) is 14.8 Å². The molecule has 2 aliphatic heterocycles. The average Bonchev–Trinajstić information content (AvgIpc) is 3.33. The number of hydrogen-bond acceptors (Lipinski definition) is 6. The zero-order valence-electron chi connectivity index (χ0n) is 17.9. The molecule has 1 aromatic rings. The fourth-order valence-corrected chi connectivity index (χ4v) is 6.18. The lowest BCUT2D eigenvalue weighted by Crippen LogP contribution is -2.53. The van der Waals surface area contributed by atoms with Crippen molar-refractivity contribution in [3.63, 3.8) is 0 Å². The van der Waals surface area contributed by atoms with Crippen molar-refractivity contribution in [2.75, 3.05) is 49.3 Å². The Morgan fingerprint density at radius 2 is 1.84 bits per heavy atom. The van der Waals surface area contributed by atoms with E-state index in [-0.39, 0.29) is 16.8 Å². The highest BCUT2D eigenvalue weighted by Gasteiger charge is 2.36. The molecule has 0 bridgehead atoms. The van der Waals surface area contributed by atoms with E-state index in [9.17, 15) is 18.0 Å². The Morgan fingerprint density at radius 3 is 2.41 bits per heavy atom. The van der Waals surface area contributed by atoms with Crippen molar-refractivity contribution in [3.05, 3.63) is 22.8 Å². The van der Waals surface area contributed by atoms with Crippen molar-refractivity contribution >= 4 is 35.1 Å². The molecular formula is C21H29ClF3N5OS. The number of alkyl halides is 3. The van der Waals surface area contributed by atoms with Gasteiger partial charge in [0.05, 0.1) is 22.5 Å². The van der Waals surface area contributed by atoms with Gasteiger partial charge in [-0.15, -0.1) is 11.8 Å². The zero-order valence-corrected chi connectivity index (χ0v) is 19.4. The number of carbonyl (C=O) groups is 1. The summed E-state index contributed by atoms with van der Waals surface area (Å²) in [6, 6.07) is 0.997. The van der Waals surface area contributed by atoms with E-state index in [0.717, 1.165) is 69.2 Å². The molecule has 1 saturated carbocycles. The van der Waals surface area contributed by atoms with Gasteiger partial charge in [-0.2, -0.15) is 13.2 Å². The van der Waals surface area contributed by atoms with E-state index in [2.05, 4.69) is 9.88 Å². The fourth-order valence-electron chi connectivity index (χ4n) is 4.94. The Bertz CT molecular complexity index is 807. The van der Waals surface area contributed by atoms with Gasteiger partial charge in [0.1, 0.15) is 5.82 Å². The lowest BCUT2D eigenvalue weighted by molar-refractivity contribution is -0.137. The van der Waals surface area contributed by atoms with Gasteiger partial charge >= 0.3 is 6.18 Å². The SMILES string of the molecule is N[C@H](C(=O)N1CCSC1)[C@H]1CC[C@H](N2CCN(c3ncc(C(F)(F)F)cc3Cl)CC2)CC1. The monoisotopic (exact) mass is 491 g/mol. The predicted molar refractivity (Wildman–Crippen MR) is 121 cm³/mol. The van der Waals surface area contributed by atoms with E-state index in [1.54, 1.807) is 11.8 Å². The molecule has 1 atom stereocenters. The normalized spacial score (nSPS) is 26.4. The smallest absolute Gasteiger partial charge is 0.353 e. The Hall–Kier alpha value is -1.23. The minimum atomic E-state index is -4.45. The molecule has 0 spiro atoms. The van der Waals surface area contributed by atoms with E-state index in [1.807, 2.05) is 9.80 Å². The van der Waals surface area contributed by atoms with Crippen LogP contribution in [0.4, 0.5) is 19.0 Å². The van der Waals surface area contributed by atoms with Crippen molar-refractivity contribution in [1.29, 1.82) is 0 Å². The molecule has 1 aromatic heterocycles. The minimum Gasteiger partial charge on any atom is -0.353 e. The van der Waals surface area contributed by atoms with Crippen LogP contribution in [0.2, 0.25) is 5.02 Å². The number of carbonyl (C=O) groups excluding carboxylic acids is 1. The Morgan fingerprint density at radius 1 is 1.16 bits per heavy atom. The van der Waals surface area contributed by atoms with Crippen LogP contribution in [0.3, 0.4) is 0 Å². The fraction of sp³-hybridized carbons (Fsp3) is 0.714. The van der Waals surface area contributed by atoms with Gasteiger partial charge in [-0.05, 0) is 37.7 Å². The average molecular weight is 492 g/mol. The summed E-state index contributed by atoms with van der Waals surface area (Å²) in [5, 5.41) is 0.0313. The Kier molecular flexibility index (Phi) is 7.43. The quantitative estimate of drug-likeness (QED) is 0.697. The first-order valence-corrected chi connectivity index (χ1v) is 12.6. The molecule has 11 heteroatoms. The van der Waals surface area contributed by atoms with Crippen LogP contribution in [0.25, 0.3) is 0 Å². The van der Waals surface area contributed by atoms with Crippen LogP contribution in [0.1, 0.15) is 31.2 Å². The summed E-state index contributed by atoms with van der Waals surface area (Å²) < 4.78 is 38.6. The van der Waals surface area contributed by atoms with Gasteiger partial charge in [0.25, 0.3) is 0 Å². The van der Waals surface area contributed by atoms with Crippen LogP contribution in [0, 0.1) is 5.92 Å². The molecule has 0 unspecified atom stereocenters. The number of hydrogen-bond donors (Lipinski definition) is 1. The van der Waals surface area contributed by atoms with Crippen LogP contribution in [0.15, 0.2) is 12.3 Å². The molecule has 3 aliphatic rings. The van der Waals surface area contributed by atoms with Crippen molar-refractivity contribution < 1.29 is 18.0 Å². The lowest BCUT2D eigenvalue weighted by atomic mass is 9.80. The molecule has 178 valence electrons. The molecular weight excluding hydrogens is 463 g/mol. The van der Waals surface area contributed by atoms with Gasteiger partial charge in [0, 0.05) is 50.7 Å². The number of aromatic nitrogens is 1. The second-order valence-electron chi connectivity index (χ2n) is 8.78. The third kappa shape index (κ3) is 5.29. The molecule has 2 saturated heterocycles. The van der Waals surface area contributed by atoms with Crippen molar-refractivity contribution in [2.45, 2.75) is 43.9 Å². The molecule has 4 rings (SSSR count). The topological polar surface area (TPSA) is 65.7 Å². The van der Waals surface area contributed by atoms with Crippen LogP contribution in [-0.2, 0) is 11.0 Å². The van der Waals surface area contributed by atoms with Gasteiger partial charge in [0.2, 0.25) is 5.91 Å². The summed E-state index contributed by atoms with van der Waals surface area (Å²) in [6.07, 6.45) is 0.322. The second kappa shape index (κ2) is 9.95. The van der Waals surface area contributed by atoms with E-state index < -0.39 is 17.8 Å². The van der Waals surface area contributed by atoms with E-state index in [0.29, 0.717) is 24.9 Å². The maximum atomic E-state index is 12.9. The number of rotatable bonds is 4. The summed E-state index contributed by atoms with van der Waals surface area (Å²) in [4.78, 5) is 22.9. The largest absolute Gasteiger partial charge is 0.417 e. The molecule has 0 aromatic carbocycles. The molecule has 3 heterocycles. The van der Waals surface area contributed by atoms with Gasteiger partial charge < -0.3 is 15.5 Å². The van der Waals surface area contributed by atoms with Crippen molar-refractivity contribution in [2.24, 2.45) is 11.7 Å². The van der Waals surface area contributed by atoms with Gasteiger partial charge in [0.15, 0.2) is 0 Å². The number of nitrogens with two attached hydrogens (primary N) is 1. The highest BCUT2D eigenvalue weighted by atomic mass is 35.5. The summed E-state index contributed by atoms with van der Waals surface area (Å²) in [5.74, 6) is 2.48. The third-order valence-electron chi connectivity index (χ3n) is 6.88. The molecule has 1 amide bonds. The lowest BCUT2D eigenvalue weighted by Gasteiger charge is -2.43. The Balaban J connectivity index is 1.26. The summed E-state index contributed by atoms with van der Waals surface area (Å²) in [7, 11) is 0. The van der Waals surface area contributed by atoms with Gasteiger partial charge in [-0.3, -0.25) is 9.69 Å². The summed E-state index contributed by atoms with van der Waals surface area (Å²) in [6.45, 7) is 3.76. The number of nitrogens with zero attached hydrogens (tertiary/aromatic N) is 4. The first kappa shape index (κ1) is 23.9. The van der Waals surface area contributed by atoms with Crippen molar-refractivity contribution in [3.8, 4) is 0 Å². The number of halogens is 4. The van der Waals surface area contributed by atoms with Gasteiger partial charge in [-0.25, -0.2) is 4.98 Å². The molecule has 1 aliphatic carbocycles. The maximum absolute atomic E-state index is 12.9. The molecule has 0 radical (unpaired) electrons. The summed E-state index contributed by atoms with van der Waals surface area (Å²) >= 11 is 7.88. The number of anilines is 1. The third-order valence-corrected chi connectivity index (χ3v) is 8.12. The van der Waals surface area contributed by atoms with Crippen LogP contribution >= 0.6 is 23.4 Å². The van der Waals surface area contributed by atoms with E-state index in [1.165, 1.54) is 0 Å². The molecule has 2 N–H and O–H groups in total. The molecule has 3 fully saturated rings. The first-order valence-electron chi connectivity index (χ1n) is 11.1. The number of amides is 1.